The van der Waals surface area contributed by atoms with Gasteiger partial charge in [-0.05, 0) is 11.5 Å². The zero-order valence-corrected chi connectivity index (χ0v) is 12.5. The molecule has 2 rings (SSSR count). The van der Waals surface area contributed by atoms with E-state index in [1.165, 1.54) is 0 Å². The number of likely N-dealkylation sites (tertiary alicyclic amines) is 1. The second kappa shape index (κ2) is 7.02. The monoisotopic (exact) mass is 287 g/mol. The second-order valence-corrected chi connectivity index (χ2v) is 5.66. The molecule has 1 aromatic rings. The zero-order chi connectivity index (χ0) is 15.2. The average molecular weight is 287 g/mol. The van der Waals surface area contributed by atoms with Gasteiger partial charge in [0.2, 0.25) is 11.8 Å². The summed E-state index contributed by atoms with van der Waals surface area (Å²) in [6, 6.07) is 9.79. The number of nitrogens with one attached hydrogen (secondary N) is 1. The first-order chi connectivity index (χ1) is 10.1. The van der Waals surface area contributed by atoms with E-state index in [2.05, 4.69) is 10.5 Å². The minimum atomic E-state index is -0.314. The summed E-state index contributed by atoms with van der Waals surface area (Å²) in [6.45, 7) is 4.97. The lowest BCUT2D eigenvalue weighted by Gasteiger charge is -2.16. The van der Waals surface area contributed by atoms with Crippen LogP contribution in [-0.2, 0) is 16.1 Å². The Morgan fingerprint density at radius 3 is 2.81 bits per heavy atom. The fourth-order valence-corrected chi connectivity index (χ4v) is 2.25. The quantitative estimate of drug-likeness (QED) is 0.663. The molecule has 1 heterocycles. The highest BCUT2D eigenvalue weighted by Gasteiger charge is 2.34. The number of hydrazone groups is 1. The van der Waals surface area contributed by atoms with Crippen LogP contribution in [-0.4, -0.2) is 29.5 Å². The summed E-state index contributed by atoms with van der Waals surface area (Å²) in [5, 5.41) is 3.90. The molecule has 112 valence electrons. The fourth-order valence-electron chi connectivity index (χ4n) is 2.25. The molecule has 0 saturated carbocycles. The molecule has 0 bridgehead atoms. The van der Waals surface area contributed by atoms with E-state index in [0.29, 0.717) is 13.1 Å². The number of hydrogen-bond donors (Lipinski definition) is 1. The maximum Gasteiger partial charge on any atom is 0.245 e. The largest absolute Gasteiger partial charge is 0.338 e. The minimum absolute atomic E-state index is 0.0202. The highest BCUT2D eigenvalue weighted by atomic mass is 16.2. The number of carbonyl (C=O) groups is 2. The SMILES string of the molecule is CC(C)/C=N/NC(=O)C1CC(=O)N(Cc2ccccc2)C1. The zero-order valence-electron chi connectivity index (χ0n) is 12.5. The topological polar surface area (TPSA) is 61.8 Å². The van der Waals surface area contributed by atoms with Crippen molar-refractivity contribution in [1.82, 2.24) is 10.3 Å². The number of benzene rings is 1. The molecular weight excluding hydrogens is 266 g/mol. The van der Waals surface area contributed by atoms with E-state index >= 15 is 0 Å². The number of nitrogens with zero attached hydrogens (tertiary/aromatic N) is 2. The van der Waals surface area contributed by atoms with Crippen LogP contribution in [0.5, 0.6) is 0 Å². The van der Waals surface area contributed by atoms with Gasteiger partial charge in [0.25, 0.3) is 0 Å². The summed E-state index contributed by atoms with van der Waals surface area (Å²) in [6.07, 6.45) is 1.94. The Morgan fingerprint density at radius 1 is 1.43 bits per heavy atom. The first-order valence-corrected chi connectivity index (χ1v) is 7.21. The van der Waals surface area contributed by atoms with Gasteiger partial charge in [0, 0.05) is 25.7 Å². The van der Waals surface area contributed by atoms with E-state index in [1.807, 2.05) is 44.2 Å². The number of rotatable bonds is 5. The molecule has 5 heteroatoms. The minimum Gasteiger partial charge on any atom is -0.338 e. The smallest absolute Gasteiger partial charge is 0.245 e. The molecule has 0 spiro atoms. The van der Waals surface area contributed by atoms with Crippen molar-refractivity contribution in [2.24, 2.45) is 16.9 Å². The maximum atomic E-state index is 12.0. The fraction of sp³-hybridized carbons (Fsp3) is 0.438. The van der Waals surface area contributed by atoms with E-state index in [-0.39, 0.29) is 30.1 Å². The number of hydrogen-bond acceptors (Lipinski definition) is 3. The lowest BCUT2D eigenvalue weighted by Crippen LogP contribution is -2.30. The summed E-state index contributed by atoms with van der Waals surface area (Å²) < 4.78 is 0. The Balaban J connectivity index is 1.88. The molecule has 1 unspecified atom stereocenters. The maximum absolute atomic E-state index is 12.0. The van der Waals surface area contributed by atoms with Gasteiger partial charge in [-0.15, -0.1) is 0 Å². The third-order valence-corrected chi connectivity index (χ3v) is 3.35. The Kier molecular flexibility index (Phi) is 5.09. The van der Waals surface area contributed by atoms with E-state index in [9.17, 15) is 9.59 Å². The van der Waals surface area contributed by atoms with Gasteiger partial charge in [0.15, 0.2) is 0 Å². The molecule has 21 heavy (non-hydrogen) atoms. The number of amides is 2. The van der Waals surface area contributed by atoms with Gasteiger partial charge in [-0.3, -0.25) is 9.59 Å². The van der Waals surface area contributed by atoms with E-state index in [4.69, 9.17) is 0 Å². The molecule has 1 atom stereocenters. The van der Waals surface area contributed by atoms with Crippen LogP contribution < -0.4 is 5.43 Å². The Hall–Kier alpha value is -2.17. The van der Waals surface area contributed by atoms with Crippen LogP contribution in [0.1, 0.15) is 25.8 Å². The van der Waals surface area contributed by atoms with Crippen molar-refractivity contribution in [3.05, 3.63) is 35.9 Å². The van der Waals surface area contributed by atoms with Crippen LogP contribution in [0.4, 0.5) is 0 Å². The van der Waals surface area contributed by atoms with Crippen molar-refractivity contribution in [2.75, 3.05) is 6.54 Å². The molecule has 0 aliphatic carbocycles. The Morgan fingerprint density at radius 2 is 2.14 bits per heavy atom. The van der Waals surface area contributed by atoms with Gasteiger partial charge in [0.05, 0.1) is 5.92 Å². The van der Waals surface area contributed by atoms with Crippen molar-refractivity contribution in [2.45, 2.75) is 26.8 Å². The molecule has 1 aliphatic heterocycles. The molecule has 1 saturated heterocycles. The molecular formula is C16H21N3O2. The summed E-state index contributed by atoms with van der Waals surface area (Å²) in [5.41, 5.74) is 3.59. The molecule has 1 aliphatic rings. The molecule has 1 aromatic carbocycles. The standard InChI is InChI=1S/C16H21N3O2/c1-12(2)9-17-18-16(21)14-8-15(20)19(11-14)10-13-6-4-3-5-7-13/h3-7,9,12,14H,8,10-11H2,1-2H3,(H,18,21)/b17-9+. The van der Waals surface area contributed by atoms with Gasteiger partial charge in [-0.25, -0.2) is 5.43 Å². The van der Waals surface area contributed by atoms with Gasteiger partial charge in [-0.2, -0.15) is 5.10 Å². The lowest BCUT2D eigenvalue weighted by molar-refractivity contribution is -0.129. The molecule has 2 amide bonds. The van der Waals surface area contributed by atoms with Gasteiger partial charge in [0.1, 0.15) is 0 Å². The van der Waals surface area contributed by atoms with E-state index in [0.717, 1.165) is 5.56 Å². The van der Waals surface area contributed by atoms with Crippen molar-refractivity contribution >= 4 is 18.0 Å². The summed E-state index contributed by atoms with van der Waals surface area (Å²) in [5.74, 6) is -0.196. The molecule has 0 radical (unpaired) electrons. The lowest BCUT2D eigenvalue weighted by atomic mass is 10.1. The first-order valence-electron chi connectivity index (χ1n) is 7.21. The van der Waals surface area contributed by atoms with E-state index in [1.54, 1.807) is 11.1 Å². The molecule has 5 nitrogen and oxygen atoms in total. The molecule has 1 N–H and O–H groups in total. The predicted molar refractivity (Wildman–Crippen MR) is 81.4 cm³/mol. The van der Waals surface area contributed by atoms with Crippen LogP contribution in [0.15, 0.2) is 35.4 Å². The normalized spacial score (nSPS) is 18.7. The number of carbonyl (C=O) groups excluding carboxylic acids is 2. The van der Waals surface area contributed by atoms with Crippen LogP contribution in [0.3, 0.4) is 0 Å². The Bertz CT molecular complexity index is 526. The van der Waals surface area contributed by atoms with Gasteiger partial charge in [-0.1, -0.05) is 44.2 Å². The third-order valence-electron chi connectivity index (χ3n) is 3.35. The summed E-state index contributed by atoms with van der Waals surface area (Å²) in [4.78, 5) is 25.7. The summed E-state index contributed by atoms with van der Waals surface area (Å²) in [7, 11) is 0. The van der Waals surface area contributed by atoms with E-state index < -0.39 is 0 Å². The third kappa shape index (κ3) is 4.41. The predicted octanol–water partition coefficient (Wildman–Crippen LogP) is 1.79. The van der Waals surface area contributed by atoms with Crippen molar-refractivity contribution < 1.29 is 9.59 Å². The van der Waals surface area contributed by atoms with Crippen molar-refractivity contribution in [1.29, 1.82) is 0 Å². The van der Waals surface area contributed by atoms with Crippen LogP contribution >= 0.6 is 0 Å². The van der Waals surface area contributed by atoms with Crippen LogP contribution in [0, 0.1) is 11.8 Å². The highest BCUT2D eigenvalue weighted by molar-refractivity contribution is 5.89. The average Bonchev–Trinajstić information content (AvgIpc) is 2.81. The van der Waals surface area contributed by atoms with Crippen molar-refractivity contribution in [3.63, 3.8) is 0 Å². The highest BCUT2D eigenvalue weighted by Crippen LogP contribution is 2.20. The van der Waals surface area contributed by atoms with Gasteiger partial charge < -0.3 is 4.90 Å². The molecule has 1 fully saturated rings. The van der Waals surface area contributed by atoms with Crippen LogP contribution in [0.2, 0.25) is 0 Å². The van der Waals surface area contributed by atoms with Gasteiger partial charge >= 0.3 is 0 Å². The second-order valence-electron chi connectivity index (χ2n) is 5.66. The molecule has 0 aromatic heterocycles. The first kappa shape index (κ1) is 15.2. The van der Waals surface area contributed by atoms with Crippen molar-refractivity contribution in [3.8, 4) is 0 Å². The van der Waals surface area contributed by atoms with Crippen LogP contribution in [0.25, 0.3) is 0 Å². The summed E-state index contributed by atoms with van der Waals surface area (Å²) >= 11 is 0. The Labute approximate surface area is 125 Å².